The second-order valence-corrected chi connectivity index (χ2v) is 4.78. The highest BCUT2D eigenvalue weighted by atomic mass is 35.5. The topological polar surface area (TPSA) is 29.5 Å². The van der Waals surface area contributed by atoms with E-state index in [1.807, 2.05) is 0 Å². The van der Waals surface area contributed by atoms with Gasteiger partial charge in [0.05, 0.1) is 17.2 Å². The molecule has 0 spiro atoms. The lowest BCUT2D eigenvalue weighted by atomic mass is 10.0. The Bertz CT molecular complexity index is 602. The summed E-state index contributed by atoms with van der Waals surface area (Å²) in [5.41, 5.74) is 0.859. The summed E-state index contributed by atoms with van der Waals surface area (Å²) in [5.74, 6) is 0.00564. The van der Waals surface area contributed by atoms with Gasteiger partial charge in [-0.05, 0) is 29.8 Å². The molecule has 5 heteroatoms. The highest BCUT2D eigenvalue weighted by Crippen LogP contribution is 2.32. The summed E-state index contributed by atoms with van der Waals surface area (Å²) in [6, 6.07) is 9.04. The van der Waals surface area contributed by atoms with Crippen LogP contribution in [-0.2, 0) is 0 Å². The van der Waals surface area contributed by atoms with E-state index in [4.69, 9.17) is 27.9 Å². The van der Waals surface area contributed by atoms with Gasteiger partial charge in [0.1, 0.15) is 17.7 Å². The first-order chi connectivity index (χ1) is 9.02. The van der Waals surface area contributed by atoms with Gasteiger partial charge in [-0.25, -0.2) is 4.39 Å². The fourth-order valence-corrected chi connectivity index (χ4v) is 2.11. The van der Waals surface area contributed by atoms with Gasteiger partial charge in [0, 0.05) is 5.56 Å². The van der Waals surface area contributed by atoms with Gasteiger partial charge < -0.3 is 9.84 Å². The average Bonchev–Trinajstić information content (AvgIpc) is 2.41. The molecule has 0 saturated carbocycles. The van der Waals surface area contributed by atoms with Crippen LogP contribution in [0.5, 0.6) is 5.75 Å². The number of hydrogen-bond acceptors (Lipinski definition) is 2. The number of halogens is 3. The molecule has 0 aliphatic heterocycles. The Kier molecular flexibility index (Phi) is 4.30. The van der Waals surface area contributed by atoms with Crippen LogP contribution < -0.4 is 4.74 Å². The average molecular weight is 301 g/mol. The highest BCUT2D eigenvalue weighted by Gasteiger charge is 2.16. The van der Waals surface area contributed by atoms with Gasteiger partial charge in [-0.1, -0.05) is 35.3 Å². The van der Waals surface area contributed by atoms with Crippen molar-refractivity contribution in [2.45, 2.75) is 6.10 Å². The van der Waals surface area contributed by atoms with E-state index in [-0.39, 0.29) is 5.02 Å². The first kappa shape index (κ1) is 14.1. The van der Waals surface area contributed by atoms with Gasteiger partial charge >= 0.3 is 0 Å². The summed E-state index contributed by atoms with van der Waals surface area (Å²) >= 11 is 11.7. The van der Waals surface area contributed by atoms with Gasteiger partial charge in [-0.3, -0.25) is 0 Å². The molecule has 19 heavy (non-hydrogen) atoms. The number of methoxy groups -OCH3 is 1. The zero-order valence-corrected chi connectivity index (χ0v) is 11.5. The molecule has 0 fully saturated rings. The summed E-state index contributed by atoms with van der Waals surface area (Å²) < 4.78 is 18.4. The van der Waals surface area contributed by atoms with E-state index in [1.165, 1.54) is 19.2 Å². The molecule has 0 aromatic heterocycles. The van der Waals surface area contributed by atoms with Crippen molar-refractivity contribution >= 4 is 23.2 Å². The predicted molar refractivity (Wildman–Crippen MR) is 73.5 cm³/mol. The summed E-state index contributed by atoms with van der Waals surface area (Å²) in [7, 11) is 1.52. The quantitative estimate of drug-likeness (QED) is 0.919. The maximum Gasteiger partial charge on any atom is 0.142 e. The van der Waals surface area contributed by atoms with Crippen LogP contribution in [0, 0.1) is 5.82 Å². The SMILES string of the molecule is COc1ccc(C(O)c2ccc(Cl)c(F)c2)c(Cl)c1. The number of benzene rings is 2. The molecule has 100 valence electrons. The van der Waals surface area contributed by atoms with Crippen molar-refractivity contribution in [1.82, 2.24) is 0 Å². The van der Waals surface area contributed by atoms with Crippen molar-refractivity contribution in [3.63, 3.8) is 0 Å². The molecule has 0 amide bonds. The standard InChI is InChI=1S/C14H11Cl2FO2/c1-19-9-3-4-10(12(16)7-9)14(18)8-2-5-11(15)13(17)6-8/h2-7,14,18H,1H3. The van der Waals surface area contributed by atoms with Crippen LogP contribution in [0.4, 0.5) is 4.39 Å². The van der Waals surface area contributed by atoms with Crippen LogP contribution in [0.2, 0.25) is 10.0 Å². The van der Waals surface area contributed by atoms with E-state index in [2.05, 4.69) is 0 Å². The first-order valence-electron chi connectivity index (χ1n) is 5.49. The Morgan fingerprint density at radius 3 is 2.42 bits per heavy atom. The minimum atomic E-state index is -1.02. The summed E-state index contributed by atoms with van der Waals surface area (Å²) in [6.07, 6.45) is -1.02. The van der Waals surface area contributed by atoms with Crippen LogP contribution in [-0.4, -0.2) is 12.2 Å². The smallest absolute Gasteiger partial charge is 0.142 e. The molecular weight excluding hydrogens is 290 g/mol. The molecule has 2 aromatic rings. The lowest BCUT2D eigenvalue weighted by Gasteiger charge is -2.14. The maximum atomic E-state index is 13.4. The fraction of sp³-hybridized carbons (Fsp3) is 0.143. The maximum absolute atomic E-state index is 13.4. The molecule has 0 aliphatic carbocycles. The van der Waals surface area contributed by atoms with Crippen molar-refractivity contribution < 1.29 is 14.2 Å². The Balaban J connectivity index is 2.38. The Morgan fingerprint density at radius 1 is 1.11 bits per heavy atom. The number of hydrogen-bond donors (Lipinski definition) is 1. The molecule has 0 heterocycles. The molecule has 1 unspecified atom stereocenters. The van der Waals surface area contributed by atoms with E-state index in [1.54, 1.807) is 24.3 Å². The van der Waals surface area contributed by atoms with Crippen molar-refractivity contribution in [2.75, 3.05) is 7.11 Å². The molecule has 0 aliphatic rings. The molecule has 0 bridgehead atoms. The third-order valence-corrected chi connectivity index (χ3v) is 3.40. The largest absolute Gasteiger partial charge is 0.497 e. The van der Waals surface area contributed by atoms with Crippen LogP contribution in [0.1, 0.15) is 17.2 Å². The monoisotopic (exact) mass is 300 g/mol. The number of ether oxygens (including phenoxy) is 1. The second-order valence-electron chi connectivity index (χ2n) is 3.96. The Morgan fingerprint density at radius 2 is 1.84 bits per heavy atom. The number of aliphatic hydroxyl groups excluding tert-OH is 1. The van der Waals surface area contributed by atoms with Crippen molar-refractivity contribution in [2.24, 2.45) is 0 Å². The van der Waals surface area contributed by atoms with Crippen LogP contribution >= 0.6 is 23.2 Å². The fourth-order valence-electron chi connectivity index (χ4n) is 1.72. The summed E-state index contributed by atoms with van der Waals surface area (Å²) in [4.78, 5) is 0. The third-order valence-electron chi connectivity index (χ3n) is 2.76. The molecule has 1 atom stereocenters. The molecule has 0 saturated heterocycles. The number of rotatable bonds is 3. The van der Waals surface area contributed by atoms with E-state index in [9.17, 15) is 9.50 Å². The van der Waals surface area contributed by atoms with E-state index in [0.717, 1.165) is 0 Å². The van der Waals surface area contributed by atoms with Crippen LogP contribution in [0.15, 0.2) is 36.4 Å². The number of aliphatic hydroxyl groups is 1. The lowest BCUT2D eigenvalue weighted by molar-refractivity contribution is 0.220. The molecule has 1 N–H and O–H groups in total. The van der Waals surface area contributed by atoms with Gasteiger partial charge in [0.25, 0.3) is 0 Å². The van der Waals surface area contributed by atoms with E-state index >= 15 is 0 Å². The van der Waals surface area contributed by atoms with Crippen molar-refractivity contribution in [3.05, 3.63) is 63.4 Å². The highest BCUT2D eigenvalue weighted by molar-refractivity contribution is 6.31. The van der Waals surface area contributed by atoms with Gasteiger partial charge in [0.2, 0.25) is 0 Å². The summed E-state index contributed by atoms with van der Waals surface area (Å²) in [6.45, 7) is 0. The van der Waals surface area contributed by atoms with E-state index < -0.39 is 11.9 Å². The zero-order chi connectivity index (χ0) is 14.0. The van der Waals surface area contributed by atoms with Gasteiger partial charge in [-0.2, -0.15) is 0 Å². The summed E-state index contributed by atoms with van der Waals surface area (Å²) in [5, 5.41) is 10.6. The van der Waals surface area contributed by atoms with Crippen LogP contribution in [0.25, 0.3) is 0 Å². The normalized spacial score (nSPS) is 12.3. The molecule has 2 aromatic carbocycles. The molecular formula is C14H11Cl2FO2. The Hall–Kier alpha value is -1.29. The van der Waals surface area contributed by atoms with Crippen molar-refractivity contribution in [3.8, 4) is 5.75 Å². The zero-order valence-electron chi connectivity index (χ0n) is 10.0. The second kappa shape index (κ2) is 5.78. The molecule has 2 rings (SSSR count). The molecule has 0 radical (unpaired) electrons. The Labute approximate surface area is 120 Å². The predicted octanol–water partition coefficient (Wildman–Crippen LogP) is 4.22. The molecule has 2 nitrogen and oxygen atoms in total. The van der Waals surface area contributed by atoms with Gasteiger partial charge in [0.15, 0.2) is 0 Å². The van der Waals surface area contributed by atoms with Crippen molar-refractivity contribution in [1.29, 1.82) is 0 Å². The third kappa shape index (κ3) is 3.00. The van der Waals surface area contributed by atoms with Gasteiger partial charge in [-0.15, -0.1) is 0 Å². The minimum Gasteiger partial charge on any atom is -0.497 e. The van der Waals surface area contributed by atoms with E-state index in [0.29, 0.717) is 21.9 Å². The minimum absolute atomic E-state index is 0.0109. The lowest BCUT2D eigenvalue weighted by Crippen LogP contribution is -2.01. The van der Waals surface area contributed by atoms with Crippen LogP contribution in [0.3, 0.4) is 0 Å². The first-order valence-corrected chi connectivity index (χ1v) is 6.25.